The minimum absolute atomic E-state index is 0.794. The van der Waals surface area contributed by atoms with Crippen molar-refractivity contribution in [1.29, 1.82) is 0 Å². The van der Waals surface area contributed by atoms with Gasteiger partial charge in [-0.15, -0.1) is 0 Å². The van der Waals surface area contributed by atoms with Crippen molar-refractivity contribution in [2.75, 3.05) is 6.54 Å². The maximum atomic E-state index is 6.19. The Morgan fingerprint density at radius 3 is 2.70 bits per heavy atom. The molecule has 0 unspecified atom stereocenters. The van der Waals surface area contributed by atoms with Crippen molar-refractivity contribution < 1.29 is 0 Å². The Balaban J connectivity index is 2.07. The van der Waals surface area contributed by atoms with Crippen LogP contribution in [0.3, 0.4) is 0 Å². The first-order valence-electron chi connectivity index (χ1n) is 6.62. The van der Waals surface area contributed by atoms with Gasteiger partial charge in [-0.2, -0.15) is 0 Å². The predicted molar refractivity (Wildman–Crippen MR) is 91.7 cm³/mol. The summed E-state index contributed by atoms with van der Waals surface area (Å²) in [6, 6.07) is 14.4. The standard InChI is InChI=1S/C16H17BrClNS/c1-2-9-19-11-12-7-8-13(10-14(12)17)20-16-6-4-3-5-15(16)18/h3-8,10,19H,2,9,11H2,1H3. The second-order valence-electron chi connectivity index (χ2n) is 4.46. The van der Waals surface area contributed by atoms with Crippen LogP contribution in [0.25, 0.3) is 0 Å². The first-order chi connectivity index (χ1) is 9.70. The largest absolute Gasteiger partial charge is 0.313 e. The van der Waals surface area contributed by atoms with Gasteiger partial charge in [-0.3, -0.25) is 0 Å². The molecule has 1 N–H and O–H groups in total. The van der Waals surface area contributed by atoms with Crippen LogP contribution in [0.2, 0.25) is 5.02 Å². The quantitative estimate of drug-likeness (QED) is 0.649. The lowest BCUT2D eigenvalue weighted by Gasteiger charge is -2.09. The first kappa shape index (κ1) is 15.9. The molecule has 0 radical (unpaired) electrons. The smallest absolute Gasteiger partial charge is 0.0545 e. The van der Waals surface area contributed by atoms with Crippen LogP contribution >= 0.6 is 39.3 Å². The zero-order valence-corrected chi connectivity index (χ0v) is 14.5. The summed E-state index contributed by atoms with van der Waals surface area (Å²) in [5.41, 5.74) is 1.28. The van der Waals surface area contributed by atoms with Crippen LogP contribution in [0.15, 0.2) is 56.7 Å². The lowest BCUT2D eigenvalue weighted by molar-refractivity contribution is 0.673. The molecule has 0 spiro atoms. The van der Waals surface area contributed by atoms with Crippen molar-refractivity contribution in [2.45, 2.75) is 29.7 Å². The topological polar surface area (TPSA) is 12.0 Å². The molecule has 0 aromatic heterocycles. The van der Waals surface area contributed by atoms with Crippen LogP contribution in [-0.4, -0.2) is 6.54 Å². The Hall–Kier alpha value is -0.480. The molecule has 0 heterocycles. The highest BCUT2D eigenvalue weighted by atomic mass is 79.9. The molecular weight excluding hydrogens is 354 g/mol. The van der Waals surface area contributed by atoms with Gasteiger partial charge < -0.3 is 5.32 Å². The van der Waals surface area contributed by atoms with Gasteiger partial charge in [-0.25, -0.2) is 0 Å². The molecule has 0 fully saturated rings. The van der Waals surface area contributed by atoms with Crippen molar-refractivity contribution in [2.24, 2.45) is 0 Å². The lowest BCUT2D eigenvalue weighted by Crippen LogP contribution is -2.14. The number of nitrogens with one attached hydrogen (secondary N) is 1. The van der Waals surface area contributed by atoms with Crippen LogP contribution in [0.5, 0.6) is 0 Å². The third-order valence-electron chi connectivity index (χ3n) is 2.83. The Bertz CT molecular complexity index is 574. The van der Waals surface area contributed by atoms with E-state index in [1.54, 1.807) is 11.8 Å². The van der Waals surface area contributed by atoms with Gasteiger partial charge in [0.15, 0.2) is 0 Å². The monoisotopic (exact) mass is 369 g/mol. The van der Waals surface area contributed by atoms with Gasteiger partial charge in [0.05, 0.1) is 5.02 Å². The molecule has 2 rings (SSSR count). The summed E-state index contributed by atoms with van der Waals surface area (Å²) in [6.07, 6.45) is 1.15. The third kappa shape index (κ3) is 4.52. The fourth-order valence-electron chi connectivity index (χ4n) is 1.79. The van der Waals surface area contributed by atoms with Crippen LogP contribution in [0, 0.1) is 0 Å². The Morgan fingerprint density at radius 2 is 2.00 bits per heavy atom. The molecule has 1 nitrogen and oxygen atoms in total. The van der Waals surface area contributed by atoms with Crippen LogP contribution in [0.4, 0.5) is 0 Å². The molecule has 0 amide bonds. The summed E-state index contributed by atoms with van der Waals surface area (Å²) < 4.78 is 1.14. The van der Waals surface area contributed by atoms with Crippen molar-refractivity contribution in [3.8, 4) is 0 Å². The highest BCUT2D eigenvalue weighted by Crippen LogP contribution is 2.34. The summed E-state index contributed by atoms with van der Waals surface area (Å²) in [6.45, 7) is 4.11. The van der Waals surface area contributed by atoms with Crippen LogP contribution in [0.1, 0.15) is 18.9 Å². The van der Waals surface area contributed by atoms with Crippen molar-refractivity contribution in [1.82, 2.24) is 5.32 Å². The fraction of sp³-hybridized carbons (Fsp3) is 0.250. The van der Waals surface area contributed by atoms with E-state index in [4.69, 9.17) is 11.6 Å². The molecule has 0 aliphatic rings. The molecule has 4 heteroatoms. The van der Waals surface area contributed by atoms with Gasteiger partial charge in [-0.05, 0) is 42.8 Å². The molecule has 20 heavy (non-hydrogen) atoms. The predicted octanol–water partition coefficient (Wildman–Crippen LogP) is 5.75. The van der Waals surface area contributed by atoms with E-state index in [1.165, 1.54) is 10.5 Å². The first-order valence-corrected chi connectivity index (χ1v) is 8.61. The average Bonchev–Trinajstić information content (AvgIpc) is 2.44. The van der Waals surface area contributed by atoms with Gasteiger partial charge in [0.2, 0.25) is 0 Å². The van der Waals surface area contributed by atoms with E-state index in [2.05, 4.69) is 46.4 Å². The maximum Gasteiger partial charge on any atom is 0.0545 e. The Labute approximate surface area is 138 Å². The van der Waals surface area contributed by atoms with Crippen molar-refractivity contribution in [3.63, 3.8) is 0 Å². The molecule has 0 aliphatic heterocycles. The second-order valence-corrected chi connectivity index (χ2v) is 6.84. The second kappa shape index (κ2) is 8.08. The molecule has 2 aromatic rings. The van der Waals surface area contributed by atoms with E-state index in [-0.39, 0.29) is 0 Å². The summed E-state index contributed by atoms with van der Waals surface area (Å²) in [4.78, 5) is 2.27. The molecule has 106 valence electrons. The summed E-state index contributed by atoms with van der Waals surface area (Å²) >= 11 is 11.5. The zero-order valence-electron chi connectivity index (χ0n) is 11.3. The number of halogens is 2. The minimum atomic E-state index is 0.794. The molecule has 0 saturated heterocycles. The number of hydrogen-bond acceptors (Lipinski definition) is 2. The van der Waals surface area contributed by atoms with E-state index in [0.717, 1.165) is 33.9 Å². The number of benzene rings is 2. The molecule has 2 aromatic carbocycles. The molecule has 0 saturated carbocycles. The Kier molecular flexibility index (Phi) is 6.43. The lowest BCUT2D eigenvalue weighted by atomic mass is 10.2. The van der Waals surface area contributed by atoms with Gasteiger partial charge in [0.1, 0.15) is 0 Å². The highest BCUT2D eigenvalue weighted by Gasteiger charge is 2.05. The Morgan fingerprint density at radius 1 is 1.20 bits per heavy atom. The minimum Gasteiger partial charge on any atom is -0.313 e. The van der Waals surface area contributed by atoms with E-state index < -0.39 is 0 Å². The third-order valence-corrected chi connectivity index (χ3v) is 5.08. The molecule has 0 bridgehead atoms. The van der Waals surface area contributed by atoms with E-state index in [1.807, 2.05) is 24.3 Å². The van der Waals surface area contributed by atoms with Crippen molar-refractivity contribution >= 4 is 39.3 Å². The average molecular weight is 371 g/mol. The van der Waals surface area contributed by atoms with Gasteiger partial charge in [0, 0.05) is 20.8 Å². The SMILES string of the molecule is CCCNCc1ccc(Sc2ccccc2Cl)cc1Br. The number of hydrogen-bond donors (Lipinski definition) is 1. The maximum absolute atomic E-state index is 6.19. The summed E-state index contributed by atoms with van der Waals surface area (Å²) in [5.74, 6) is 0. The van der Waals surface area contributed by atoms with Crippen LogP contribution in [-0.2, 0) is 6.54 Å². The van der Waals surface area contributed by atoms with Gasteiger partial charge in [-0.1, -0.05) is 64.4 Å². The zero-order chi connectivity index (χ0) is 14.4. The summed E-state index contributed by atoms with van der Waals surface area (Å²) in [7, 11) is 0. The van der Waals surface area contributed by atoms with Gasteiger partial charge in [0.25, 0.3) is 0 Å². The van der Waals surface area contributed by atoms with Crippen molar-refractivity contribution in [3.05, 3.63) is 57.5 Å². The van der Waals surface area contributed by atoms with E-state index in [0.29, 0.717) is 0 Å². The van der Waals surface area contributed by atoms with Gasteiger partial charge >= 0.3 is 0 Å². The normalized spacial score (nSPS) is 10.8. The number of rotatable bonds is 6. The summed E-state index contributed by atoms with van der Waals surface area (Å²) in [5, 5.41) is 4.21. The van der Waals surface area contributed by atoms with E-state index in [9.17, 15) is 0 Å². The highest BCUT2D eigenvalue weighted by molar-refractivity contribution is 9.10. The van der Waals surface area contributed by atoms with Crippen LogP contribution < -0.4 is 5.32 Å². The molecular formula is C16H17BrClNS. The van der Waals surface area contributed by atoms with E-state index >= 15 is 0 Å². The fourth-order valence-corrected chi connectivity index (χ4v) is 3.59. The molecule has 0 aliphatic carbocycles. The molecule has 0 atom stereocenters.